The van der Waals surface area contributed by atoms with Crippen molar-refractivity contribution in [2.45, 2.75) is 0 Å². The summed E-state index contributed by atoms with van der Waals surface area (Å²) in [5.41, 5.74) is 4.20. The molecule has 0 atom stereocenters. The van der Waals surface area contributed by atoms with Gasteiger partial charge >= 0.3 is 5.97 Å². The Labute approximate surface area is 225 Å². The van der Waals surface area contributed by atoms with E-state index in [0.717, 1.165) is 39.5 Å². The van der Waals surface area contributed by atoms with E-state index in [9.17, 15) is 9.18 Å². The highest BCUT2D eigenvalue weighted by molar-refractivity contribution is 5.99. The zero-order chi connectivity index (χ0) is 27.2. The Balaban J connectivity index is 1.44. The maximum atomic E-state index is 14.5. The molecule has 5 aromatic rings. The Bertz CT molecular complexity index is 1750. The third kappa shape index (κ3) is 5.61. The summed E-state index contributed by atoms with van der Waals surface area (Å²) in [6, 6.07) is 38.9. The molecule has 0 aliphatic heterocycles. The van der Waals surface area contributed by atoms with Crippen LogP contribution in [0.25, 0.3) is 29.0 Å². The molecule has 4 nitrogen and oxygen atoms in total. The number of benzene rings is 5. The maximum absolute atomic E-state index is 14.5. The normalized spacial score (nSPS) is 11.4. The van der Waals surface area contributed by atoms with Gasteiger partial charge in [-0.15, -0.1) is 0 Å². The Morgan fingerprint density at radius 3 is 2.13 bits per heavy atom. The molecule has 0 radical (unpaired) electrons. The predicted molar refractivity (Wildman–Crippen MR) is 155 cm³/mol. The van der Waals surface area contributed by atoms with Gasteiger partial charge < -0.3 is 10.0 Å². The van der Waals surface area contributed by atoms with E-state index in [2.05, 4.69) is 59.5 Å². The largest absolute Gasteiger partial charge is 0.477 e. The number of fused-ring (bicyclic) bond motifs is 1. The van der Waals surface area contributed by atoms with Gasteiger partial charge in [0.2, 0.25) is 0 Å². The molecule has 0 fully saturated rings. The number of aliphatic carboxylic acids is 1. The number of halogens is 1. The van der Waals surface area contributed by atoms with E-state index in [1.54, 1.807) is 18.2 Å². The topological polar surface area (TPSA) is 64.3 Å². The van der Waals surface area contributed by atoms with Crippen LogP contribution in [0.5, 0.6) is 0 Å². The van der Waals surface area contributed by atoms with E-state index in [4.69, 9.17) is 10.4 Å². The molecule has 0 aromatic heterocycles. The average molecular weight is 511 g/mol. The van der Waals surface area contributed by atoms with Gasteiger partial charge in [-0.1, -0.05) is 91.0 Å². The highest BCUT2D eigenvalue weighted by atomic mass is 19.1. The second kappa shape index (κ2) is 11.3. The molecule has 0 saturated carbocycles. The number of nitriles is 1. The summed E-state index contributed by atoms with van der Waals surface area (Å²) in [5.74, 6) is -1.99. The van der Waals surface area contributed by atoms with Gasteiger partial charge in [-0.25, -0.2) is 9.18 Å². The molecule has 0 spiro atoms. The van der Waals surface area contributed by atoms with Crippen LogP contribution in [0.4, 0.5) is 21.5 Å². The first kappa shape index (κ1) is 25.2. The summed E-state index contributed by atoms with van der Waals surface area (Å²) < 4.78 is 14.5. The maximum Gasteiger partial charge on any atom is 0.346 e. The van der Waals surface area contributed by atoms with Crippen LogP contribution in [0, 0.1) is 17.1 Å². The molecular weight excluding hydrogens is 487 g/mol. The Morgan fingerprint density at radius 1 is 0.769 bits per heavy atom. The Morgan fingerprint density at radius 2 is 1.41 bits per heavy atom. The van der Waals surface area contributed by atoms with E-state index in [1.165, 1.54) is 12.1 Å². The van der Waals surface area contributed by atoms with Crippen molar-refractivity contribution in [3.8, 4) is 6.07 Å². The molecule has 0 bridgehead atoms. The molecular formula is C34H23FN2O2. The van der Waals surface area contributed by atoms with E-state index >= 15 is 0 Å². The summed E-state index contributed by atoms with van der Waals surface area (Å²) in [4.78, 5) is 13.3. The van der Waals surface area contributed by atoms with Crippen molar-refractivity contribution in [3.05, 3.63) is 143 Å². The van der Waals surface area contributed by atoms with Crippen molar-refractivity contribution in [2.75, 3.05) is 4.90 Å². The van der Waals surface area contributed by atoms with Crippen molar-refractivity contribution in [3.63, 3.8) is 0 Å². The second-order valence-electron chi connectivity index (χ2n) is 8.85. The zero-order valence-corrected chi connectivity index (χ0v) is 20.8. The third-order valence-corrected chi connectivity index (χ3v) is 6.32. The summed E-state index contributed by atoms with van der Waals surface area (Å²) in [6.07, 6.45) is 4.70. The minimum absolute atomic E-state index is 0.0462. The van der Waals surface area contributed by atoms with Crippen molar-refractivity contribution < 1.29 is 14.3 Å². The average Bonchev–Trinajstić information content (AvgIpc) is 2.97. The van der Waals surface area contributed by atoms with E-state index in [1.807, 2.05) is 48.5 Å². The van der Waals surface area contributed by atoms with Gasteiger partial charge in [-0.05, 0) is 59.0 Å². The van der Waals surface area contributed by atoms with Crippen LogP contribution >= 0.6 is 0 Å². The molecule has 0 heterocycles. The number of hydrogen-bond donors (Lipinski definition) is 1. The lowest BCUT2D eigenvalue weighted by Gasteiger charge is -2.27. The molecule has 0 amide bonds. The van der Waals surface area contributed by atoms with Gasteiger partial charge in [0.25, 0.3) is 0 Å². The second-order valence-corrected chi connectivity index (χ2v) is 8.85. The monoisotopic (exact) mass is 510 g/mol. The molecule has 1 N–H and O–H groups in total. The van der Waals surface area contributed by atoms with Gasteiger partial charge in [-0.3, -0.25) is 0 Å². The van der Waals surface area contributed by atoms with Crippen LogP contribution in [0.3, 0.4) is 0 Å². The number of anilines is 3. The summed E-state index contributed by atoms with van der Waals surface area (Å²) in [6.45, 7) is 0. The summed E-state index contributed by atoms with van der Waals surface area (Å²) in [7, 11) is 0. The van der Waals surface area contributed by atoms with Crippen LogP contribution in [0.15, 0.2) is 121 Å². The number of rotatable bonds is 7. The van der Waals surface area contributed by atoms with Gasteiger partial charge in [0.05, 0.1) is 5.69 Å². The van der Waals surface area contributed by atoms with E-state index in [0.29, 0.717) is 5.56 Å². The summed E-state index contributed by atoms with van der Waals surface area (Å²) >= 11 is 0. The van der Waals surface area contributed by atoms with Crippen LogP contribution in [-0.2, 0) is 4.79 Å². The molecule has 0 unspecified atom stereocenters. The van der Waals surface area contributed by atoms with Crippen molar-refractivity contribution in [2.24, 2.45) is 0 Å². The fourth-order valence-electron chi connectivity index (χ4n) is 4.40. The SMILES string of the molecule is N#C/C(=C\c1ccc(/C=C/c2ccc(N(c3ccccc3)c3cccc4ccccc34)cc2)cc1F)C(=O)O. The van der Waals surface area contributed by atoms with Crippen LogP contribution in [0.2, 0.25) is 0 Å². The predicted octanol–water partition coefficient (Wildman–Crippen LogP) is 8.61. The molecule has 0 aliphatic rings. The van der Waals surface area contributed by atoms with Crippen LogP contribution in [0.1, 0.15) is 16.7 Å². The van der Waals surface area contributed by atoms with Crippen molar-refractivity contribution in [1.29, 1.82) is 5.26 Å². The van der Waals surface area contributed by atoms with E-state index < -0.39 is 17.4 Å². The minimum Gasteiger partial charge on any atom is -0.477 e. The number of carboxylic acid groups (broad SMARTS) is 1. The molecule has 0 saturated heterocycles. The molecule has 0 aliphatic carbocycles. The molecule has 188 valence electrons. The molecule has 5 rings (SSSR count). The van der Waals surface area contributed by atoms with Gasteiger partial charge in [-0.2, -0.15) is 5.26 Å². The molecule has 5 heteroatoms. The van der Waals surface area contributed by atoms with Crippen molar-refractivity contribution in [1.82, 2.24) is 0 Å². The highest BCUT2D eigenvalue weighted by Crippen LogP contribution is 2.38. The molecule has 39 heavy (non-hydrogen) atoms. The number of para-hydroxylation sites is 1. The lowest BCUT2D eigenvalue weighted by atomic mass is 10.1. The van der Waals surface area contributed by atoms with E-state index in [-0.39, 0.29) is 5.56 Å². The van der Waals surface area contributed by atoms with Crippen molar-refractivity contribution >= 4 is 52.0 Å². The highest BCUT2D eigenvalue weighted by Gasteiger charge is 2.14. The Kier molecular flexibility index (Phi) is 7.29. The standard InChI is InChI=1S/C34H23FN2O2/c35-32-21-25(15-18-27(32)22-28(23-36)34(38)39)14-13-24-16-19-30(20-17-24)37(29-9-2-1-3-10-29)33-12-6-8-26-7-4-5-11-31(26)33/h1-22H,(H,38,39)/b14-13+,28-22+. The first-order chi connectivity index (χ1) is 19.0. The Hall–Kier alpha value is -5.47. The minimum atomic E-state index is -1.39. The number of hydrogen-bond acceptors (Lipinski definition) is 3. The number of carboxylic acids is 1. The first-order valence-electron chi connectivity index (χ1n) is 12.3. The van der Waals surface area contributed by atoms with Crippen LogP contribution < -0.4 is 4.90 Å². The quantitative estimate of drug-likeness (QED) is 0.135. The number of carbonyl (C=O) groups is 1. The third-order valence-electron chi connectivity index (χ3n) is 6.32. The lowest BCUT2D eigenvalue weighted by molar-refractivity contribution is -0.132. The van der Waals surface area contributed by atoms with Gasteiger partial charge in [0.1, 0.15) is 17.5 Å². The number of nitrogens with zero attached hydrogens (tertiary/aromatic N) is 2. The van der Waals surface area contributed by atoms with Crippen LogP contribution in [-0.4, -0.2) is 11.1 Å². The van der Waals surface area contributed by atoms with Gasteiger partial charge in [0, 0.05) is 22.3 Å². The first-order valence-corrected chi connectivity index (χ1v) is 12.3. The smallest absolute Gasteiger partial charge is 0.346 e. The summed E-state index contributed by atoms with van der Waals surface area (Å²) in [5, 5.41) is 20.2. The molecule has 5 aromatic carbocycles. The lowest BCUT2D eigenvalue weighted by Crippen LogP contribution is -2.10. The fraction of sp³-hybridized carbons (Fsp3) is 0. The van der Waals surface area contributed by atoms with Gasteiger partial charge in [0.15, 0.2) is 0 Å². The zero-order valence-electron chi connectivity index (χ0n) is 20.8. The fourth-order valence-corrected chi connectivity index (χ4v) is 4.40.